The molecule has 0 spiro atoms. The fourth-order valence-electron chi connectivity index (χ4n) is 0.374. The molecule has 0 aliphatic carbocycles. The number of hydrogen-bond acceptors (Lipinski definition) is 3. The van der Waals surface area contributed by atoms with Crippen LogP contribution in [-0.2, 0) is 27.2 Å². The predicted molar refractivity (Wildman–Crippen MR) is 38.3 cm³/mol. The first kappa shape index (κ1) is 18.9. The third kappa shape index (κ3) is 42.9. The molecule has 0 atom stereocenters. The molecule has 0 saturated heterocycles. The van der Waals surface area contributed by atoms with Gasteiger partial charge in [-0.15, -0.1) is 0 Å². The van der Waals surface area contributed by atoms with Gasteiger partial charge in [0.15, 0.2) is 0 Å². The van der Waals surface area contributed by atoms with Gasteiger partial charge in [-0.1, -0.05) is 0 Å². The van der Waals surface area contributed by atoms with E-state index in [0.29, 0.717) is 46.8 Å². The van der Waals surface area contributed by atoms with E-state index >= 15 is 0 Å². The second-order valence-electron chi connectivity index (χ2n) is 1.91. The molecular formula is C6H10BaO4Ta+. The van der Waals surface area contributed by atoms with E-state index in [2.05, 4.69) is 6.92 Å². The van der Waals surface area contributed by atoms with Crippen molar-refractivity contribution in [1.29, 1.82) is 0 Å². The summed E-state index contributed by atoms with van der Waals surface area (Å²) in [7, 11) is 0. The predicted octanol–water partition coefficient (Wildman–Crippen LogP) is -0.243. The van der Waals surface area contributed by atoms with Gasteiger partial charge in [-0.05, 0) is 0 Å². The Morgan fingerprint density at radius 3 is 1.92 bits per heavy atom. The molecule has 0 aliphatic heterocycles. The first-order valence-electron chi connectivity index (χ1n) is 3.25. The third-order valence-electron chi connectivity index (χ3n) is 0.809. The van der Waals surface area contributed by atoms with Crippen LogP contribution in [0.5, 0.6) is 0 Å². The van der Waals surface area contributed by atoms with Gasteiger partial charge >= 0.3 is 77.8 Å². The fraction of sp³-hybridized carbons (Fsp3) is 0.667. The maximum absolute atomic E-state index is 10.3. The summed E-state index contributed by atoms with van der Waals surface area (Å²) in [6.07, 6.45) is 1.02. The largest absolute Gasteiger partial charge is 0.565 e. The summed E-state index contributed by atoms with van der Waals surface area (Å²) in [6.45, 7) is 2.11. The van der Waals surface area contributed by atoms with Crippen LogP contribution in [-0.4, -0.2) is 58.0 Å². The van der Waals surface area contributed by atoms with Crippen molar-refractivity contribution in [1.82, 2.24) is 0 Å². The molecule has 6 heteroatoms. The third-order valence-corrected chi connectivity index (χ3v) is 1.92. The zero-order chi connectivity index (χ0) is 9.28. The van der Waals surface area contributed by atoms with Gasteiger partial charge in [-0.3, -0.25) is 0 Å². The van der Waals surface area contributed by atoms with Crippen molar-refractivity contribution >= 4 is 52.9 Å². The molecule has 0 aromatic carbocycles. The summed E-state index contributed by atoms with van der Waals surface area (Å²) in [5, 5.41) is 15.3. The SMILES string of the molecule is CCCC[C](=O)[Ba+2].O=C([O-])O.[Ta]. The van der Waals surface area contributed by atoms with Gasteiger partial charge in [0.05, 0.1) is 0 Å². The van der Waals surface area contributed by atoms with Gasteiger partial charge < -0.3 is 15.0 Å². The van der Waals surface area contributed by atoms with Crippen LogP contribution >= 0.6 is 0 Å². The average molecular weight is 464 g/mol. The zero-order valence-corrected chi connectivity index (χ0v) is 14.6. The summed E-state index contributed by atoms with van der Waals surface area (Å²) in [6, 6.07) is 0. The van der Waals surface area contributed by atoms with E-state index in [-0.39, 0.29) is 22.4 Å². The number of hydrogen-bond donors (Lipinski definition) is 1. The van der Waals surface area contributed by atoms with Crippen molar-refractivity contribution in [2.45, 2.75) is 26.2 Å². The van der Waals surface area contributed by atoms with Crippen molar-refractivity contribution in [3.8, 4) is 0 Å². The maximum atomic E-state index is 10.3. The molecule has 4 nitrogen and oxygen atoms in total. The molecule has 0 bridgehead atoms. The minimum atomic E-state index is -2.08. The first-order valence-corrected chi connectivity index (χ1v) is 5.47. The summed E-state index contributed by atoms with van der Waals surface area (Å²) < 4.78 is 0.502. The second-order valence-corrected chi connectivity index (χ2v) is 4.38. The fourth-order valence-corrected chi connectivity index (χ4v) is 1.16. The number of carbonyl (C=O) groups excluding carboxylic acids is 1. The molecule has 0 aliphatic rings. The Balaban J connectivity index is -0.000000142. The molecule has 0 saturated carbocycles. The molecule has 0 unspecified atom stereocenters. The van der Waals surface area contributed by atoms with E-state index in [1.165, 1.54) is 0 Å². The number of carbonyl (C=O) groups is 2. The molecule has 8 radical (unpaired) electrons. The molecule has 0 heterocycles. The normalized spacial score (nSPS) is 7.17. The Labute approximate surface area is 119 Å². The first-order chi connectivity index (χ1) is 5.00. The van der Waals surface area contributed by atoms with E-state index in [0.717, 1.165) is 19.3 Å². The maximum Gasteiger partial charge on any atom is 0.249 e. The van der Waals surface area contributed by atoms with Crippen LogP contribution in [0, 0.1) is 0 Å². The second kappa shape index (κ2) is 14.8. The minimum Gasteiger partial charge on any atom is -0.565 e. The average Bonchev–Trinajstić information content (AvgIpc) is 1.82. The van der Waals surface area contributed by atoms with Gasteiger partial charge in [-0.2, -0.15) is 0 Å². The molecule has 1 N–H and O–H groups in total. The minimum absolute atomic E-state index is 0. The van der Waals surface area contributed by atoms with E-state index in [1.807, 2.05) is 0 Å². The quantitative estimate of drug-likeness (QED) is 0.585. The van der Waals surface area contributed by atoms with Gasteiger partial charge in [-0.25, -0.2) is 0 Å². The van der Waals surface area contributed by atoms with Crippen molar-refractivity contribution in [2.75, 3.05) is 0 Å². The van der Waals surface area contributed by atoms with E-state index in [4.69, 9.17) is 15.0 Å². The molecule has 0 amide bonds. The number of carboxylic acid groups (broad SMARTS) is 2. The van der Waals surface area contributed by atoms with E-state index in [1.54, 1.807) is 0 Å². The summed E-state index contributed by atoms with van der Waals surface area (Å²) in [4.78, 5) is 18.7. The zero-order valence-electron chi connectivity index (χ0n) is 6.95. The topological polar surface area (TPSA) is 77.4 Å². The van der Waals surface area contributed by atoms with Crippen LogP contribution < -0.4 is 5.11 Å². The summed E-state index contributed by atoms with van der Waals surface area (Å²) in [5.74, 6) is 0. The molecule has 0 fully saturated rings. The summed E-state index contributed by atoms with van der Waals surface area (Å²) >= 11 is 0.388. The Morgan fingerprint density at radius 2 is 1.83 bits per heavy atom. The Morgan fingerprint density at radius 1 is 1.50 bits per heavy atom. The Kier molecular flexibility index (Phi) is 23.3. The molecular weight excluding hydrogens is 454 g/mol. The molecule has 64 valence electrons. The number of unbranched alkanes of at least 4 members (excludes halogenated alkanes) is 1. The van der Waals surface area contributed by atoms with Crippen molar-refractivity contribution in [3.05, 3.63) is 0 Å². The van der Waals surface area contributed by atoms with E-state index in [9.17, 15) is 4.79 Å². The van der Waals surface area contributed by atoms with Gasteiger partial charge in [0, 0.05) is 22.4 Å². The van der Waals surface area contributed by atoms with Crippen LogP contribution in [0.25, 0.3) is 0 Å². The Hall–Kier alpha value is 1.25. The number of rotatable bonds is 3. The van der Waals surface area contributed by atoms with Crippen LogP contribution in [0.3, 0.4) is 0 Å². The van der Waals surface area contributed by atoms with Crippen molar-refractivity contribution in [3.63, 3.8) is 0 Å². The molecule has 0 rings (SSSR count). The molecule has 12 heavy (non-hydrogen) atoms. The molecule has 0 aromatic heterocycles. The molecule has 0 aromatic rings. The standard InChI is InChI=1S/C5H9O.CH2O3.Ba.Ta/c1-2-3-4-5-6;2-1(3)4;;/h2-4H2,1H3;(H2,2,3,4);;/q;;+2;/p-1. The smallest absolute Gasteiger partial charge is 0.249 e. The van der Waals surface area contributed by atoms with Gasteiger partial charge in [0.25, 0.3) is 0 Å². The van der Waals surface area contributed by atoms with Gasteiger partial charge in [0.1, 0.15) is 0 Å². The Bertz CT molecular complexity index is 125. The van der Waals surface area contributed by atoms with Crippen LogP contribution in [0.2, 0.25) is 0 Å². The van der Waals surface area contributed by atoms with Crippen LogP contribution in [0.15, 0.2) is 0 Å². The van der Waals surface area contributed by atoms with Crippen molar-refractivity contribution in [2.24, 2.45) is 0 Å². The van der Waals surface area contributed by atoms with E-state index < -0.39 is 6.16 Å². The van der Waals surface area contributed by atoms with Gasteiger partial charge in [0.2, 0.25) is 6.16 Å². The van der Waals surface area contributed by atoms with Crippen LogP contribution in [0.1, 0.15) is 26.2 Å². The van der Waals surface area contributed by atoms with Crippen molar-refractivity contribution < 1.29 is 42.2 Å². The van der Waals surface area contributed by atoms with Crippen LogP contribution in [0.4, 0.5) is 4.79 Å². The monoisotopic (exact) mass is 465 g/mol. The summed E-state index contributed by atoms with van der Waals surface area (Å²) in [5.41, 5.74) is 0.